The first kappa shape index (κ1) is 16.5. The lowest BCUT2D eigenvalue weighted by Crippen LogP contribution is -2.43. The Balaban J connectivity index is 1.64. The summed E-state index contributed by atoms with van der Waals surface area (Å²) in [5.74, 6) is 1.16. The van der Waals surface area contributed by atoms with Crippen molar-refractivity contribution in [1.29, 1.82) is 0 Å². The standard InChI is InChI=1S/C18H21N7O/c1-12-9-16(26)24(2)14-11-21-18(23-17(12)14)22-15-10-13(3-4-20-15)25-7-5-19-6-8-25/h3-4,9-11,19H,5-8H2,1-2H3,(H,20,21,22,23). The summed E-state index contributed by atoms with van der Waals surface area (Å²) in [6, 6.07) is 5.60. The maximum absolute atomic E-state index is 11.9. The molecule has 8 heteroatoms. The Hall–Kier alpha value is -3.00. The van der Waals surface area contributed by atoms with Crippen LogP contribution in [0.15, 0.2) is 35.4 Å². The molecule has 3 aromatic rings. The molecule has 4 rings (SSSR count). The van der Waals surface area contributed by atoms with Crippen molar-refractivity contribution in [2.24, 2.45) is 7.05 Å². The Morgan fingerprint density at radius 2 is 2.00 bits per heavy atom. The lowest BCUT2D eigenvalue weighted by atomic mass is 10.2. The average Bonchev–Trinajstić information content (AvgIpc) is 2.67. The number of aromatic nitrogens is 4. The third kappa shape index (κ3) is 3.11. The summed E-state index contributed by atoms with van der Waals surface area (Å²) in [6.45, 7) is 5.80. The maximum atomic E-state index is 11.9. The van der Waals surface area contributed by atoms with Crippen molar-refractivity contribution < 1.29 is 0 Å². The second-order valence-electron chi connectivity index (χ2n) is 6.41. The lowest BCUT2D eigenvalue weighted by Gasteiger charge is -2.29. The number of nitrogens with one attached hydrogen (secondary N) is 2. The normalized spacial score (nSPS) is 14.6. The Kier molecular flexibility index (Phi) is 4.26. The van der Waals surface area contributed by atoms with Crippen LogP contribution in [0.1, 0.15) is 5.56 Å². The first-order valence-electron chi connectivity index (χ1n) is 8.64. The van der Waals surface area contributed by atoms with Crippen molar-refractivity contribution in [3.63, 3.8) is 0 Å². The van der Waals surface area contributed by atoms with Crippen molar-refractivity contribution in [2.45, 2.75) is 6.92 Å². The van der Waals surface area contributed by atoms with Gasteiger partial charge in [-0.25, -0.2) is 15.0 Å². The van der Waals surface area contributed by atoms with Crippen LogP contribution in [0.3, 0.4) is 0 Å². The molecule has 0 aromatic carbocycles. The van der Waals surface area contributed by atoms with Crippen LogP contribution < -0.4 is 21.1 Å². The Bertz CT molecular complexity index is 1010. The summed E-state index contributed by atoms with van der Waals surface area (Å²) in [7, 11) is 1.72. The zero-order valence-corrected chi connectivity index (χ0v) is 14.9. The maximum Gasteiger partial charge on any atom is 0.251 e. The molecule has 0 atom stereocenters. The molecule has 8 nitrogen and oxygen atoms in total. The van der Waals surface area contributed by atoms with Gasteiger partial charge in [-0.1, -0.05) is 0 Å². The highest BCUT2D eigenvalue weighted by Gasteiger charge is 2.12. The van der Waals surface area contributed by atoms with E-state index in [9.17, 15) is 4.79 Å². The monoisotopic (exact) mass is 351 g/mol. The van der Waals surface area contributed by atoms with Crippen molar-refractivity contribution in [2.75, 3.05) is 36.4 Å². The molecule has 134 valence electrons. The van der Waals surface area contributed by atoms with E-state index in [4.69, 9.17) is 0 Å². The molecule has 4 heterocycles. The number of fused-ring (bicyclic) bond motifs is 1. The van der Waals surface area contributed by atoms with E-state index < -0.39 is 0 Å². The van der Waals surface area contributed by atoms with Crippen LogP contribution in [0, 0.1) is 6.92 Å². The van der Waals surface area contributed by atoms with Crippen LogP contribution >= 0.6 is 0 Å². The molecule has 26 heavy (non-hydrogen) atoms. The number of rotatable bonds is 3. The molecular weight excluding hydrogens is 330 g/mol. The highest BCUT2D eigenvalue weighted by atomic mass is 16.1. The molecular formula is C18H21N7O. The highest BCUT2D eigenvalue weighted by Crippen LogP contribution is 2.21. The molecule has 2 N–H and O–H groups in total. The van der Waals surface area contributed by atoms with Crippen molar-refractivity contribution in [3.8, 4) is 0 Å². The van der Waals surface area contributed by atoms with Gasteiger partial charge in [-0.2, -0.15) is 0 Å². The van der Waals surface area contributed by atoms with E-state index in [-0.39, 0.29) is 5.56 Å². The summed E-state index contributed by atoms with van der Waals surface area (Å²) in [5, 5.41) is 6.53. The summed E-state index contributed by atoms with van der Waals surface area (Å²) < 4.78 is 1.55. The predicted molar refractivity (Wildman–Crippen MR) is 102 cm³/mol. The number of nitrogens with zero attached hydrogens (tertiary/aromatic N) is 5. The number of piperazine rings is 1. The van der Waals surface area contributed by atoms with Crippen LogP contribution in [-0.4, -0.2) is 45.7 Å². The largest absolute Gasteiger partial charge is 0.369 e. The molecule has 1 aliphatic rings. The number of anilines is 3. The molecule has 1 saturated heterocycles. The van der Waals surface area contributed by atoms with E-state index in [2.05, 4.69) is 30.5 Å². The van der Waals surface area contributed by atoms with Gasteiger partial charge in [-0.05, 0) is 18.6 Å². The van der Waals surface area contributed by atoms with Gasteiger partial charge < -0.3 is 20.1 Å². The predicted octanol–water partition coefficient (Wildman–Crippen LogP) is 1.19. The molecule has 1 aliphatic heterocycles. The molecule has 3 aromatic heterocycles. The average molecular weight is 351 g/mol. The smallest absolute Gasteiger partial charge is 0.251 e. The number of hydrogen-bond acceptors (Lipinski definition) is 7. The topological polar surface area (TPSA) is 88.0 Å². The van der Waals surface area contributed by atoms with E-state index in [0.717, 1.165) is 42.9 Å². The fourth-order valence-electron chi connectivity index (χ4n) is 3.16. The number of aryl methyl sites for hydroxylation is 2. The summed E-state index contributed by atoms with van der Waals surface area (Å²) in [4.78, 5) is 27.5. The lowest BCUT2D eigenvalue weighted by molar-refractivity contribution is 0.589. The van der Waals surface area contributed by atoms with Gasteiger partial charge in [0.15, 0.2) is 0 Å². The second kappa shape index (κ2) is 6.72. The van der Waals surface area contributed by atoms with Crippen LogP contribution in [-0.2, 0) is 7.05 Å². The van der Waals surface area contributed by atoms with Crippen LogP contribution in [0.25, 0.3) is 11.0 Å². The summed E-state index contributed by atoms with van der Waals surface area (Å²) in [6.07, 6.45) is 3.45. The first-order chi connectivity index (χ1) is 12.6. The Morgan fingerprint density at radius 3 is 2.81 bits per heavy atom. The summed E-state index contributed by atoms with van der Waals surface area (Å²) >= 11 is 0. The zero-order chi connectivity index (χ0) is 18.1. The van der Waals surface area contributed by atoms with Gasteiger partial charge in [-0.3, -0.25) is 4.79 Å². The fourth-order valence-corrected chi connectivity index (χ4v) is 3.16. The third-order valence-electron chi connectivity index (χ3n) is 4.64. The van der Waals surface area contributed by atoms with Crippen LogP contribution in [0.4, 0.5) is 17.5 Å². The van der Waals surface area contributed by atoms with Gasteiger partial charge in [0.2, 0.25) is 5.95 Å². The minimum absolute atomic E-state index is 0.0651. The highest BCUT2D eigenvalue weighted by molar-refractivity contribution is 5.78. The minimum atomic E-state index is -0.0651. The molecule has 0 aliphatic carbocycles. The SMILES string of the molecule is Cc1cc(=O)n(C)c2cnc(Nc3cc(N4CCNCC4)ccn3)nc12. The third-order valence-corrected chi connectivity index (χ3v) is 4.64. The fraction of sp³-hybridized carbons (Fsp3) is 0.333. The van der Waals surface area contributed by atoms with Crippen LogP contribution in [0.2, 0.25) is 0 Å². The van der Waals surface area contributed by atoms with Crippen LogP contribution in [0.5, 0.6) is 0 Å². The van der Waals surface area contributed by atoms with E-state index in [1.807, 2.05) is 19.1 Å². The zero-order valence-electron chi connectivity index (χ0n) is 14.9. The van der Waals surface area contributed by atoms with E-state index in [0.29, 0.717) is 17.3 Å². The first-order valence-corrected chi connectivity index (χ1v) is 8.64. The molecule has 0 unspecified atom stereocenters. The molecule has 0 bridgehead atoms. The van der Waals surface area contributed by atoms with Gasteiger partial charge in [0.25, 0.3) is 5.56 Å². The number of hydrogen-bond donors (Lipinski definition) is 2. The van der Waals surface area contributed by atoms with Gasteiger partial charge in [0.05, 0.1) is 17.2 Å². The van der Waals surface area contributed by atoms with Crippen molar-refractivity contribution in [1.82, 2.24) is 24.8 Å². The summed E-state index contributed by atoms with van der Waals surface area (Å²) in [5.41, 5.74) is 3.36. The number of pyridine rings is 2. The van der Waals surface area contributed by atoms with Gasteiger partial charge in [0.1, 0.15) is 5.82 Å². The van der Waals surface area contributed by atoms with Crippen molar-refractivity contribution in [3.05, 3.63) is 46.5 Å². The Labute approximate surface area is 150 Å². The van der Waals surface area contributed by atoms with E-state index in [1.54, 1.807) is 30.1 Å². The van der Waals surface area contributed by atoms with Crippen molar-refractivity contribution >= 4 is 28.5 Å². The van der Waals surface area contributed by atoms with E-state index >= 15 is 0 Å². The second-order valence-corrected chi connectivity index (χ2v) is 6.41. The molecule has 1 fully saturated rings. The Morgan fingerprint density at radius 1 is 1.19 bits per heavy atom. The van der Waals surface area contributed by atoms with Gasteiger partial charge in [-0.15, -0.1) is 0 Å². The van der Waals surface area contributed by atoms with Gasteiger partial charge >= 0.3 is 0 Å². The minimum Gasteiger partial charge on any atom is -0.369 e. The molecule has 0 amide bonds. The van der Waals surface area contributed by atoms with E-state index in [1.165, 1.54) is 0 Å². The molecule has 0 radical (unpaired) electrons. The molecule has 0 spiro atoms. The van der Waals surface area contributed by atoms with Gasteiger partial charge in [0, 0.05) is 57.2 Å². The molecule has 0 saturated carbocycles. The quantitative estimate of drug-likeness (QED) is 0.733.